The second kappa shape index (κ2) is 6.07. The summed E-state index contributed by atoms with van der Waals surface area (Å²) >= 11 is 13.7. The molecule has 1 aliphatic heterocycles. The molecule has 0 unspecified atom stereocenters. The second-order valence-electron chi connectivity index (χ2n) is 4.94. The molecule has 0 bridgehead atoms. The Kier molecular flexibility index (Phi) is 3.93. The van der Waals surface area contributed by atoms with Crippen molar-refractivity contribution >= 4 is 45.9 Å². The summed E-state index contributed by atoms with van der Waals surface area (Å²) in [6.45, 7) is 0.274. The quantitative estimate of drug-likeness (QED) is 0.373. The van der Waals surface area contributed by atoms with Gasteiger partial charge in [-0.2, -0.15) is 0 Å². The van der Waals surface area contributed by atoms with E-state index >= 15 is 0 Å². The Morgan fingerprint density at radius 3 is 2.78 bits per heavy atom. The number of hydrogen-bond donors (Lipinski definition) is 0. The summed E-state index contributed by atoms with van der Waals surface area (Å²) in [5.74, 6) is 2.28. The van der Waals surface area contributed by atoms with E-state index in [0.717, 1.165) is 38.7 Å². The van der Waals surface area contributed by atoms with E-state index in [1.807, 2.05) is 30.3 Å². The molecule has 2 heterocycles. The van der Waals surface area contributed by atoms with Crippen molar-refractivity contribution in [2.24, 2.45) is 0 Å². The monoisotopic (exact) mass is 364 g/mol. The molecule has 0 fully saturated rings. The van der Waals surface area contributed by atoms with Crippen molar-refractivity contribution in [3.8, 4) is 11.5 Å². The zero-order valence-electron chi connectivity index (χ0n) is 11.8. The topological polar surface area (TPSA) is 44.2 Å². The van der Waals surface area contributed by atoms with Gasteiger partial charge in [0.05, 0.1) is 5.52 Å². The van der Waals surface area contributed by atoms with Gasteiger partial charge < -0.3 is 9.47 Å². The van der Waals surface area contributed by atoms with Crippen LogP contribution < -0.4 is 9.47 Å². The number of ether oxygens (including phenoxy) is 2. The molecule has 2 aromatic carbocycles. The summed E-state index contributed by atoms with van der Waals surface area (Å²) in [5.41, 5.74) is 1.90. The summed E-state index contributed by atoms with van der Waals surface area (Å²) < 4.78 is 10.7. The van der Waals surface area contributed by atoms with Crippen LogP contribution >= 0.6 is 35.0 Å². The van der Waals surface area contributed by atoms with Gasteiger partial charge in [0.15, 0.2) is 11.5 Å². The number of fused-ring (bicyclic) bond motifs is 2. The molecule has 116 valence electrons. The number of rotatable bonds is 3. The molecular weight excluding hydrogens is 355 g/mol. The Hall–Kier alpha value is -1.69. The molecule has 0 saturated carbocycles. The molecule has 0 aliphatic carbocycles. The minimum absolute atomic E-state index is 0.230. The highest BCUT2D eigenvalue weighted by molar-refractivity contribution is 7.98. The molecule has 1 aromatic heterocycles. The smallest absolute Gasteiger partial charge is 0.231 e. The Bertz CT molecular complexity index is 905. The Morgan fingerprint density at radius 2 is 1.87 bits per heavy atom. The van der Waals surface area contributed by atoms with E-state index in [9.17, 15) is 0 Å². The minimum atomic E-state index is 0.230. The van der Waals surface area contributed by atoms with Crippen LogP contribution in [0.5, 0.6) is 11.5 Å². The van der Waals surface area contributed by atoms with Crippen LogP contribution in [0.25, 0.3) is 10.9 Å². The van der Waals surface area contributed by atoms with Crippen molar-refractivity contribution in [2.75, 3.05) is 6.79 Å². The lowest BCUT2D eigenvalue weighted by Crippen LogP contribution is -1.93. The van der Waals surface area contributed by atoms with Gasteiger partial charge in [-0.1, -0.05) is 17.7 Å². The van der Waals surface area contributed by atoms with E-state index in [4.69, 9.17) is 32.7 Å². The highest BCUT2D eigenvalue weighted by atomic mass is 35.5. The van der Waals surface area contributed by atoms with Gasteiger partial charge in [-0.3, -0.25) is 0 Å². The molecule has 0 radical (unpaired) electrons. The second-order valence-corrected chi connectivity index (χ2v) is 6.67. The van der Waals surface area contributed by atoms with E-state index in [0.29, 0.717) is 5.02 Å². The fourth-order valence-corrected chi connectivity index (χ4v) is 3.69. The SMILES string of the molecule is Clc1ccc2nc(Cl)nc(SCc3ccc4c(c3)OCO4)c2c1. The van der Waals surface area contributed by atoms with E-state index in [1.54, 1.807) is 17.8 Å². The maximum atomic E-state index is 6.08. The Balaban J connectivity index is 1.63. The molecule has 0 atom stereocenters. The molecule has 0 spiro atoms. The van der Waals surface area contributed by atoms with Crippen LogP contribution in [0.4, 0.5) is 0 Å². The molecule has 7 heteroatoms. The summed E-state index contributed by atoms with van der Waals surface area (Å²) in [7, 11) is 0. The first-order valence-electron chi connectivity index (χ1n) is 6.83. The number of hydrogen-bond acceptors (Lipinski definition) is 5. The molecule has 23 heavy (non-hydrogen) atoms. The zero-order valence-corrected chi connectivity index (χ0v) is 14.1. The summed E-state index contributed by atoms with van der Waals surface area (Å²) in [6.07, 6.45) is 0. The molecular formula is C16H10Cl2N2O2S. The normalized spacial score (nSPS) is 12.8. The van der Waals surface area contributed by atoms with Crippen molar-refractivity contribution in [2.45, 2.75) is 10.8 Å². The summed E-state index contributed by atoms with van der Waals surface area (Å²) in [4.78, 5) is 8.56. The number of halogens is 2. The van der Waals surface area contributed by atoms with E-state index in [-0.39, 0.29) is 12.1 Å². The van der Waals surface area contributed by atoms with Gasteiger partial charge in [0.25, 0.3) is 0 Å². The fraction of sp³-hybridized carbons (Fsp3) is 0.125. The van der Waals surface area contributed by atoms with Crippen LogP contribution in [0.1, 0.15) is 5.56 Å². The minimum Gasteiger partial charge on any atom is -0.454 e. The first-order chi connectivity index (χ1) is 11.2. The number of thioether (sulfide) groups is 1. The average molecular weight is 365 g/mol. The highest BCUT2D eigenvalue weighted by Crippen LogP contribution is 2.35. The lowest BCUT2D eigenvalue weighted by molar-refractivity contribution is 0.174. The molecule has 4 nitrogen and oxygen atoms in total. The first-order valence-corrected chi connectivity index (χ1v) is 8.57. The average Bonchev–Trinajstić information content (AvgIpc) is 3.00. The van der Waals surface area contributed by atoms with Gasteiger partial charge in [0, 0.05) is 16.2 Å². The van der Waals surface area contributed by atoms with E-state index in [2.05, 4.69) is 9.97 Å². The van der Waals surface area contributed by atoms with Gasteiger partial charge in [-0.15, -0.1) is 11.8 Å². The standard InChI is InChI=1S/C16H10Cl2N2O2S/c17-10-2-3-12-11(6-10)15(20-16(18)19-12)23-7-9-1-4-13-14(5-9)22-8-21-13/h1-6H,7-8H2. The lowest BCUT2D eigenvalue weighted by atomic mass is 10.2. The van der Waals surface area contributed by atoms with Crippen LogP contribution in [0.15, 0.2) is 41.4 Å². The number of nitrogens with zero attached hydrogens (tertiary/aromatic N) is 2. The largest absolute Gasteiger partial charge is 0.454 e. The van der Waals surface area contributed by atoms with Crippen molar-refractivity contribution in [3.63, 3.8) is 0 Å². The predicted molar refractivity (Wildman–Crippen MR) is 91.7 cm³/mol. The summed E-state index contributed by atoms with van der Waals surface area (Å²) in [5, 5.41) is 2.58. The number of aromatic nitrogens is 2. The third kappa shape index (κ3) is 3.04. The molecule has 4 rings (SSSR count). The van der Waals surface area contributed by atoms with Crippen LogP contribution in [-0.2, 0) is 5.75 Å². The van der Waals surface area contributed by atoms with Crippen molar-refractivity contribution < 1.29 is 9.47 Å². The van der Waals surface area contributed by atoms with Gasteiger partial charge in [0.2, 0.25) is 12.1 Å². The Morgan fingerprint density at radius 1 is 1.00 bits per heavy atom. The third-order valence-corrected chi connectivity index (χ3v) is 4.87. The van der Waals surface area contributed by atoms with Crippen LogP contribution in [0, 0.1) is 0 Å². The lowest BCUT2D eigenvalue weighted by Gasteiger charge is -2.07. The third-order valence-electron chi connectivity index (χ3n) is 3.41. The fourth-order valence-electron chi connectivity index (χ4n) is 2.34. The maximum Gasteiger partial charge on any atom is 0.231 e. The molecule has 0 amide bonds. The molecule has 1 aliphatic rings. The highest BCUT2D eigenvalue weighted by Gasteiger charge is 2.14. The summed E-state index contributed by atoms with van der Waals surface area (Å²) in [6, 6.07) is 11.4. The van der Waals surface area contributed by atoms with Crippen molar-refractivity contribution in [1.82, 2.24) is 9.97 Å². The van der Waals surface area contributed by atoms with E-state index in [1.165, 1.54) is 0 Å². The predicted octanol–water partition coefficient (Wildman–Crippen LogP) is 4.96. The van der Waals surface area contributed by atoms with Gasteiger partial charge in [-0.05, 0) is 47.5 Å². The van der Waals surface area contributed by atoms with Crippen LogP contribution in [-0.4, -0.2) is 16.8 Å². The number of benzene rings is 2. The molecule has 3 aromatic rings. The van der Waals surface area contributed by atoms with E-state index < -0.39 is 0 Å². The van der Waals surface area contributed by atoms with Crippen LogP contribution in [0.3, 0.4) is 0 Å². The van der Waals surface area contributed by atoms with Gasteiger partial charge in [-0.25, -0.2) is 9.97 Å². The zero-order chi connectivity index (χ0) is 15.8. The van der Waals surface area contributed by atoms with Gasteiger partial charge >= 0.3 is 0 Å². The molecule has 0 N–H and O–H groups in total. The Labute approximate surface area is 146 Å². The van der Waals surface area contributed by atoms with Crippen molar-refractivity contribution in [3.05, 3.63) is 52.3 Å². The van der Waals surface area contributed by atoms with Gasteiger partial charge in [0.1, 0.15) is 5.03 Å². The maximum absolute atomic E-state index is 6.08. The molecule has 0 saturated heterocycles. The first kappa shape index (κ1) is 14.9. The van der Waals surface area contributed by atoms with Crippen molar-refractivity contribution in [1.29, 1.82) is 0 Å². The van der Waals surface area contributed by atoms with Crippen LogP contribution in [0.2, 0.25) is 10.3 Å².